The average Bonchev–Trinajstić information content (AvgIpc) is 2.49. The van der Waals surface area contributed by atoms with Crippen molar-refractivity contribution in [2.75, 3.05) is 7.05 Å². The summed E-state index contributed by atoms with van der Waals surface area (Å²) in [6, 6.07) is 5.33. The van der Waals surface area contributed by atoms with Crippen molar-refractivity contribution in [2.45, 2.75) is 70.8 Å². The van der Waals surface area contributed by atoms with E-state index in [0.717, 1.165) is 12.0 Å². The summed E-state index contributed by atoms with van der Waals surface area (Å²) in [6.45, 7) is 2.25. The Bertz CT molecular complexity index is 395. The fourth-order valence-corrected chi connectivity index (χ4v) is 2.81. The minimum Gasteiger partial charge on any atom is -0.313 e. The zero-order valence-corrected chi connectivity index (χ0v) is 14.2. The smallest absolute Gasteiger partial charge is 0.142 e. The van der Waals surface area contributed by atoms with E-state index in [4.69, 9.17) is 11.6 Å². The van der Waals surface area contributed by atoms with Gasteiger partial charge in [-0.05, 0) is 31.2 Å². The van der Waals surface area contributed by atoms with Crippen molar-refractivity contribution >= 4 is 11.6 Å². The van der Waals surface area contributed by atoms with Gasteiger partial charge < -0.3 is 5.32 Å². The van der Waals surface area contributed by atoms with Crippen molar-refractivity contribution in [1.29, 1.82) is 0 Å². The summed E-state index contributed by atoms with van der Waals surface area (Å²) >= 11 is 5.73. The van der Waals surface area contributed by atoms with Gasteiger partial charge in [-0.25, -0.2) is 4.39 Å². The maximum absolute atomic E-state index is 13.5. The van der Waals surface area contributed by atoms with E-state index >= 15 is 0 Å². The third-order valence-electron chi connectivity index (χ3n) is 4.04. The molecule has 0 amide bonds. The molecule has 120 valence electrons. The lowest BCUT2D eigenvalue weighted by molar-refractivity contribution is 0.492. The highest BCUT2D eigenvalue weighted by atomic mass is 35.5. The number of rotatable bonds is 11. The van der Waals surface area contributed by atoms with Crippen LogP contribution in [0.5, 0.6) is 0 Å². The molecular weight excluding hydrogens is 285 g/mol. The molecule has 0 saturated heterocycles. The Labute approximate surface area is 134 Å². The van der Waals surface area contributed by atoms with Gasteiger partial charge in [-0.15, -0.1) is 0 Å². The normalized spacial score (nSPS) is 12.6. The third kappa shape index (κ3) is 7.28. The van der Waals surface area contributed by atoms with Crippen molar-refractivity contribution in [1.82, 2.24) is 5.32 Å². The quantitative estimate of drug-likeness (QED) is 0.475. The summed E-state index contributed by atoms with van der Waals surface area (Å²) in [5.74, 6) is -0.328. The van der Waals surface area contributed by atoms with Gasteiger partial charge in [0.15, 0.2) is 0 Å². The molecule has 0 radical (unpaired) electrons. The molecule has 1 aromatic rings. The van der Waals surface area contributed by atoms with E-state index in [1.807, 2.05) is 13.1 Å². The van der Waals surface area contributed by atoms with Crippen molar-refractivity contribution in [3.05, 3.63) is 34.6 Å². The molecule has 0 bridgehead atoms. The standard InChI is InChI=1S/C18H29ClFN/c1-3-4-5-6-7-8-9-10-11-18(21-2)15-12-13-16(19)17(20)14-15/h12-14,18,21H,3-11H2,1-2H3. The van der Waals surface area contributed by atoms with Gasteiger partial charge in [-0.3, -0.25) is 0 Å². The fourth-order valence-electron chi connectivity index (χ4n) is 2.69. The highest BCUT2D eigenvalue weighted by molar-refractivity contribution is 6.30. The molecule has 1 unspecified atom stereocenters. The number of unbranched alkanes of at least 4 members (excludes halogenated alkanes) is 7. The number of benzene rings is 1. The van der Waals surface area contributed by atoms with Crippen LogP contribution in [0.25, 0.3) is 0 Å². The molecule has 1 nitrogen and oxygen atoms in total. The van der Waals surface area contributed by atoms with Crippen LogP contribution >= 0.6 is 11.6 Å². The van der Waals surface area contributed by atoms with Gasteiger partial charge in [0.2, 0.25) is 0 Å². The van der Waals surface area contributed by atoms with Gasteiger partial charge in [0, 0.05) is 6.04 Å². The summed E-state index contributed by atoms with van der Waals surface area (Å²) in [7, 11) is 1.93. The second-order valence-corrected chi connectivity index (χ2v) is 6.19. The van der Waals surface area contributed by atoms with E-state index in [-0.39, 0.29) is 16.9 Å². The minimum atomic E-state index is -0.328. The van der Waals surface area contributed by atoms with Crippen LogP contribution in [-0.4, -0.2) is 7.05 Å². The van der Waals surface area contributed by atoms with Crippen molar-refractivity contribution in [3.63, 3.8) is 0 Å². The molecule has 1 N–H and O–H groups in total. The molecule has 1 atom stereocenters. The molecule has 0 saturated carbocycles. The highest BCUT2D eigenvalue weighted by Gasteiger charge is 2.11. The SMILES string of the molecule is CCCCCCCCCCC(NC)c1ccc(Cl)c(F)c1. The number of halogens is 2. The summed E-state index contributed by atoms with van der Waals surface area (Å²) in [6.07, 6.45) is 11.6. The first-order valence-electron chi connectivity index (χ1n) is 8.31. The Hall–Kier alpha value is -0.600. The summed E-state index contributed by atoms with van der Waals surface area (Å²) in [4.78, 5) is 0. The monoisotopic (exact) mass is 313 g/mol. The largest absolute Gasteiger partial charge is 0.313 e. The molecule has 0 aliphatic carbocycles. The Balaban J connectivity index is 2.23. The molecule has 0 aromatic heterocycles. The highest BCUT2D eigenvalue weighted by Crippen LogP contribution is 2.24. The van der Waals surface area contributed by atoms with Crippen LogP contribution in [0.15, 0.2) is 18.2 Å². The topological polar surface area (TPSA) is 12.0 Å². The molecule has 3 heteroatoms. The summed E-state index contributed by atoms with van der Waals surface area (Å²) in [5, 5.41) is 3.47. The van der Waals surface area contributed by atoms with Gasteiger partial charge in [-0.2, -0.15) is 0 Å². The third-order valence-corrected chi connectivity index (χ3v) is 4.35. The van der Waals surface area contributed by atoms with Crippen LogP contribution in [0, 0.1) is 5.82 Å². The second kappa shape index (κ2) is 11.0. The Kier molecular flexibility index (Phi) is 9.69. The number of hydrogen-bond donors (Lipinski definition) is 1. The van der Waals surface area contributed by atoms with Crippen LogP contribution in [0.4, 0.5) is 4.39 Å². The fraction of sp³-hybridized carbons (Fsp3) is 0.667. The van der Waals surface area contributed by atoms with Crippen LogP contribution in [0.1, 0.15) is 76.3 Å². The van der Waals surface area contributed by atoms with Gasteiger partial charge in [0.25, 0.3) is 0 Å². The number of nitrogens with one attached hydrogen (secondary N) is 1. The molecular formula is C18H29ClFN. The van der Waals surface area contributed by atoms with Crippen LogP contribution in [0.3, 0.4) is 0 Å². The molecule has 0 heterocycles. The molecule has 1 rings (SSSR count). The molecule has 0 fully saturated rings. The molecule has 0 aliphatic rings. The number of hydrogen-bond acceptors (Lipinski definition) is 1. The van der Waals surface area contributed by atoms with Crippen LogP contribution in [-0.2, 0) is 0 Å². The predicted octanol–water partition coefficient (Wildman–Crippen LogP) is 6.27. The van der Waals surface area contributed by atoms with Gasteiger partial charge in [0.1, 0.15) is 5.82 Å². The lowest BCUT2D eigenvalue weighted by Crippen LogP contribution is -2.16. The van der Waals surface area contributed by atoms with E-state index < -0.39 is 0 Å². The van der Waals surface area contributed by atoms with Crippen LogP contribution < -0.4 is 5.32 Å². The maximum atomic E-state index is 13.5. The van der Waals surface area contributed by atoms with Gasteiger partial charge in [-0.1, -0.05) is 76.0 Å². The first-order chi connectivity index (χ1) is 10.2. The van der Waals surface area contributed by atoms with Crippen molar-refractivity contribution in [2.24, 2.45) is 0 Å². The lowest BCUT2D eigenvalue weighted by atomic mass is 9.99. The maximum Gasteiger partial charge on any atom is 0.142 e. The second-order valence-electron chi connectivity index (χ2n) is 5.78. The van der Waals surface area contributed by atoms with Crippen molar-refractivity contribution in [3.8, 4) is 0 Å². The zero-order chi connectivity index (χ0) is 15.5. The van der Waals surface area contributed by atoms with E-state index in [9.17, 15) is 4.39 Å². The predicted molar refractivity (Wildman–Crippen MR) is 90.4 cm³/mol. The molecule has 21 heavy (non-hydrogen) atoms. The van der Waals surface area contributed by atoms with E-state index in [1.54, 1.807) is 12.1 Å². The van der Waals surface area contributed by atoms with Gasteiger partial charge >= 0.3 is 0 Å². The summed E-state index contributed by atoms with van der Waals surface area (Å²) < 4.78 is 13.5. The molecule has 0 aliphatic heterocycles. The lowest BCUT2D eigenvalue weighted by Gasteiger charge is -2.17. The van der Waals surface area contributed by atoms with Crippen molar-refractivity contribution < 1.29 is 4.39 Å². The summed E-state index contributed by atoms with van der Waals surface area (Å²) in [5.41, 5.74) is 0.988. The van der Waals surface area contributed by atoms with Crippen LogP contribution in [0.2, 0.25) is 5.02 Å². The first kappa shape index (κ1) is 18.4. The minimum absolute atomic E-state index is 0.195. The molecule has 1 aromatic carbocycles. The van der Waals surface area contributed by atoms with E-state index in [0.29, 0.717) is 0 Å². The van der Waals surface area contributed by atoms with E-state index in [2.05, 4.69) is 12.2 Å². The van der Waals surface area contributed by atoms with Gasteiger partial charge in [0.05, 0.1) is 5.02 Å². The zero-order valence-electron chi connectivity index (χ0n) is 13.4. The molecule has 0 spiro atoms. The average molecular weight is 314 g/mol. The Morgan fingerprint density at radius 2 is 1.67 bits per heavy atom. The Morgan fingerprint density at radius 1 is 1.05 bits per heavy atom. The Morgan fingerprint density at radius 3 is 2.24 bits per heavy atom. The van der Waals surface area contributed by atoms with E-state index in [1.165, 1.54) is 51.4 Å². The first-order valence-corrected chi connectivity index (χ1v) is 8.69.